The van der Waals surface area contributed by atoms with Crippen molar-refractivity contribution in [3.63, 3.8) is 0 Å². The topological polar surface area (TPSA) is 145 Å². The van der Waals surface area contributed by atoms with Gasteiger partial charge < -0.3 is 26.3 Å². The number of amides is 4. The average molecular weight is 699 g/mol. The molecule has 7 aromatic rings. The first-order chi connectivity index (χ1) is 25.8. The summed E-state index contributed by atoms with van der Waals surface area (Å²) in [6.45, 7) is 0. The monoisotopic (exact) mass is 698 g/mol. The van der Waals surface area contributed by atoms with Crippen LogP contribution in [0.3, 0.4) is 0 Å². The lowest BCUT2D eigenvalue weighted by atomic mass is 10.1. The van der Waals surface area contributed by atoms with Gasteiger partial charge in [0, 0.05) is 39.4 Å². The van der Waals surface area contributed by atoms with Crippen LogP contribution >= 0.6 is 0 Å². The highest BCUT2D eigenvalue weighted by Gasteiger charge is 2.12. The van der Waals surface area contributed by atoms with E-state index in [1.54, 1.807) is 66.7 Å². The first kappa shape index (κ1) is 34.1. The largest absolute Gasteiger partial charge is 0.338 e. The van der Waals surface area contributed by atoms with Gasteiger partial charge in [-0.1, -0.05) is 60.7 Å². The highest BCUT2D eigenvalue weighted by molar-refractivity contribution is 6.06. The molecular formula is C43H34N6O4. The maximum absolute atomic E-state index is 13.0. The van der Waals surface area contributed by atoms with Gasteiger partial charge in [0.25, 0.3) is 11.8 Å². The molecule has 0 radical (unpaired) electrons. The van der Waals surface area contributed by atoms with Crippen molar-refractivity contribution < 1.29 is 19.2 Å². The number of carbonyl (C=O) groups is 4. The summed E-state index contributed by atoms with van der Waals surface area (Å²) in [5.41, 5.74) is 7.46. The highest BCUT2D eigenvalue weighted by Crippen LogP contribution is 2.25. The lowest BCUT2D eigenvalue weighted by Gasteiger charge is -2.08. The van der Waals surface area contributed by atoms with Crippen molar-refractivity contribution in [1.82, 2.24) is 9.97 Å². The molecule has 260 valence electrons. The van der Waals surface area contributed by atoms with Gasteiger partial charge in [0.1, 0.15) is 5.82 Å². The lowest BCUT2D eigenvalue weighted by Crippen LogP contribution is -2.15. The second kappa shape index (κ2) is 15.7. The Morgan fingerprint density at radius 1 is 0.472 bits per heavy atom. The van der Waals surface area contributed by atoms with Gasteiger partial charge in [-0.3, -0.25) is 19.2 Å². The predicted molar refractivity (Wildman–Crippen MR) is 208 cm³/mol. The Morgan fingerprint density at radius 2 is 0.906 bits per heavy atom. The van der Waals surface area contributed by atoms with E-state index < -0.39 is 0 Å². The van der Waals surface area contributed by atoms with E-state index in [9.17, 15) is 19.2 Å². The van der Waals surface area contributed by atoms with E-state index in [4.69, 9.17) is 4.98 Å². The second-order valence-corrected chi connectivity index (χ2v) is 12.4. The van der Waals surface area contributed by atoms with Crippen LogP contribution in [-0.4, -0.2) is 33.6 Å². The molecule has 0 saturated carbocycles. The second-order valence-electron chi connectivity index (χ2n) is 12.4. The molecule has 0 fully saturated rings. The Bertz CT molecular complexity index is 2390. The number of nitrogens with one attached hydrogen (secondary N) is 5. The summed E-state index contributed by atoms with van der Waals surface area (Å²) in [5, 5.41) is 11.5. The number of benzene rings is 6. The quantitative estimate of drug-likeness (QED) is 0.0927. The Hall–Kier alpha value is -7.33. The van der Waals surface area contributed by atoms with Gasteiger partial charge in [0.15, 0.2) is 0 Å². The SMILES string of the molecule is O=C(Cc1ccccc1)Nc1ccc(C(=O)Nc2ccc(-c3nc4ccc(NC(=O)c5ccc(NC(=O)Cc6ccccc6)cc5)cc4[nH]3)cc2)cc1. The smallest absolute Gasteiger partial charge is 0.255 e. The fraction of sp³-hybridized carbons (Fsp3) is 0.0465. The number of fused-ring (bicyclic) bond motifs is 1. The van der Waals surface area contributed by atoms with Crippen molar-refractivity contribution >= 4 is 57.4 Å². The molecule has 0 aliphatic heterocycles. The summed E-state index contributed by atoms with van der Waals surface area (Å²) in [4.78, 5) is 58.7. The molecule has 53 heavy (non-hydrogen) atoms. The van der Waals surface area contributed by atoms with Gasteiger partial charge in [0.05, 0.1) is 23.9 Å². The van der Waals surface area contributed by atoms with E-state index in [1.807, 2.05) is 84.9 Å². The van der Waals surface area contributed by atoms with Crippen LogP contribution in [0.4, 0.5) is 22.7 Å². The van der Waals surface area contributed by atoms with Crippen LogP contribution in [0, 0.1) is 0 Å². The number of H-pyrrole nitrogens is 1. The number of aromatic nitrogens is 2. The van der Waals surface area contributed by atoms with E-state index in [-0.39, 0.29) is 36.5 Å². The molecule has 1 aromatic heterocycles. The number of nitrogens with zero attached hydrogens (tertiary/aromatic N) is 1. The maximum atomic E-state index is 13.0. The van der Waals surface area contributed by atoms with Crippen molar-refractivity contribution in [2.24, 2.45) is 0 Å². The van der Waals surface area contributed by atoms with Gasteiger partial charge in [0.2, 0.25) is 11.8 Å². The zero-order valence-electron chi connectivity index (χ0n) is 28.4. The summed E-state index contributed by atoms with van der Waals surface area (Å²) in [6.07, 6.45) is 0.532. The van der Waals surface area contributed by atoms with Gasteiger partial charge in [-0.15, -0.1) is 0 Å². The van der Waals surface area contributed by atoms with Gasteiger partial charge in [-0.2, -0.15) is 0 Å². The molecular weight excluding hydrogens is 665 g/mol. The normalized spacial score (nSPS) is 10.7. The third-order valence-corrected chi connectivity index (χ3v) is 8.43. The summed E-state index contributed by atoms with van der Waals surface area (Å²) in [5.74, 6) is -0.196. The first-order valence-corrected chi connectivity index (χ1v) is 17.0. The van der Waals surface area contributed by atoms with Gasteiger partial charge in [-0.05, 0) is 102 Å². The minimum Gasteiger partial charge on any atom is -0.338 e. The van der Waals surface area contributed by atoms with Gasteiger partial charge >= 0.3 is 0 Å². The molecule has 7 rings (SSSR count). The number of aromatic amines is 1. The number of rotatable bonds is 11. The van der Waals surface area contributed by atoms with Crippen molar-refractivity contribution in [3.05, 3.63) is 174 Å². The van der Waals surface area contributed by atoms with Gasteiger partial charge in [-0.25, -0.2) is 4.98 Å². The fourth-order valence-corrected chi connectivity index (χ4v) is 5.72. The zero-order valence-corrected chi connectivity index (χ0v) is 28.4. The lowest BCUT2D eigenvalue weighted by molar-refractivity contribution is -0.116. The molecule has 0 saturated heterocycles. The van der Waals surface area contributed by atoms with Crippen LogP contribution in [0.2, 0.25) is 0 Å². The third kappa shape index (κ3) is 8.89. The van der Waals surface area contributed by atoms with Crippen LogP contribution in [0.25, 0.3) is 22.4 Å². The summed E-state index contributed by atoms with van der Waals surface area (Å²) in [6, 6.07) is 45.2. The number of imidazole rings is 1. The number of anilines is 4. The molecule has 0 spiro atoms. The first-order valence-electron chi connectivity index (χ1n) is 17.0. The highest BCUT2D eigenvalue weighted by atomic mass is 16.2. The van der Waals surface area contributed by atoms with E-state index in [0.717, 1.165) is 27.7 Å². The van der Waals surface area contributed by atoms with Crippen molar-refractivity contribution in [2.45, 2.75) is 12.8 Å². The summed E-state index contributed by atoms with van der Waals surface area (Å²) < 4.78 is 0. The van der Waals surface area contributed by atoms with Crippen molar-refractivity contribution in [2.75, 3.05) is 21.3 Å². The molecule has 10 heteroatoms. The number of hydrogen-bond acceptors (Lipinski definition) is 5. The fourth-order valence-electron chi connectivity index (χ4n) is 5.72. The minimum absolute atomic E-state index is 0.132. The molecule has 1 heterocycles. The van der Waals surface area contributed by atoms with Crippen molar-refractivity contribution in [1.29, 1.82) is 0 Å². The zero-order chi connectivity index (χ0) is 36.6. The molecule has 6 aromatic carbocycles. The predicted octanol–water partition coefficient (Wildman–Crippen LogP) is 8.10. The molecule has 0 bridgehead atoms. The van der Waals surface area contributed by atoms with Crippen molar-refractivity contribution in [3.8, 4) is 11.4 Å². The van der Waals surface area contributed by atoms with E-state index >= 15 is 0 Å². The Morgan fingerprint density at radius 3 is 1.42 bits per heavy atom. The number of hydrogen-bond donors (Lipinski definition) is 5. The van der Waals surface area contributed by atoms with Crippen LogP contribution in [0.1, 0.15) is 31.8 Å². The molecule has 0 atom stereocenters. The van der Waals surface area contributed by atoms with Crippen LogP contribution in [0.15, 0.2) is 152 Å². The molecule has 0 aliphatic carbocycles. The van der Waals surface area contributed by atoms with E-state index in [2.05, 4.69) is 26.3 Å². The third-order valence-electron chi connectivity index (χ3n) is 8.43. The molecule has 5 N–H and O–H groups in total. The summed E-state index contributed by atoms with van der Waals surface area (Å²) >= 11 is 0. The Balaban J connectivity index is 0.920. The molecule has 10 nitrogen and oxygen atoms in total. The van der Waals surface area contributed by atoms with E-state index in [0.29, 0.717) is 39.7 Å². The molecule has 0 unspecified atom stereocenters. The Labute approximate surface area is 305 Å². The number of carbonyl (C=O) groups excluding carboxylic acids is 4. The van der Waals surface area contributed by atoms with Crippen LogP contribution < -0.4 is 21.3 Å². The maximum Gasteiger partial charge on any atom is 0.255 e. The molecule has 0 aliphatic rings. The van der Waals surface area contributed by atoms with Crippen LogP contribution in [-0.2, 0) is 22.4 Å². The molecule has 4 amide bonds. The summed E-state index contributed by atoms with van der Waals surface area (Å²) in [7, 11) is 0. The van der Waals surface area contributed by atoms with E-state index in [1.165, 1.54) is 0 Å². The average Bonchev–Trinajstić information content (AvgIpc) is 3.60. The minimum atomic E-state index is -0.287. The van der Waals surface area contributed by atoms with Crippen LogP contribution in [0.5, 0.6) is 0 Å². The standard InChI is InChI=1S/C43H34N6O4/c50-39(25-28-7-3-1-4-8-28)44-33-19-13-31(14-20-33)42(52)46-35-17-11-30(12-18-35)41-48-37-24-23-36(27-38(37)49-41)47-43(53)32-15-21-34(22-16-32)45-40(51)26-29-9-5-2-6-10-29/h1-24,27H,25-26H2,(H,44,50)(H,45,51)(H,46,52)(H,47,53)(H,48,49). The Kier molecular flexibility index (Phi) is 10.1.